The molecule has 5 rings (SSSR count). The molecule has 37 heavy (non-hydrogen) atoms. The van der Waals surface area contributed by atoms with Crippen LogP contribution in [-0.4, -0.2) is 46.6 Å². The zero-order valence-corrected chi connectivity index (χ0v) is 23.8. The van der Waals surface area contributed by atoms with E-state index in [9.17, 15) is 24.9 Å². The lowest BCUT2D eigenvalue weighted by atomic mass is 9.31. The predicted octanol–water partition coefficient (Wildman–Crippen LogP) is 5.21. The van der Waals surface area contributed by atoms with Gasteiger partial charge in [0.1, 0.15) is 5.41 Å². The summed E-state index contributed by atoms with van der Waals surface area (Å²) in [5.41, 5.74) is -1.68. The fourth-order valence-corrected chi connectivity index (χ4v) is 11.7. The Morgan fingerprint density at radius 3 is 2.24 bits per heavy atom. The molecule has 6 nitrogen and oxygen atoms in total. The SMILES string of the molecule is COC(=O)[C@@]12CC[C@]3(C(=O)O)[C@H](CC[C@@H]4[C@@]5(C)CC[C@H](O)C(C)(C)[C@@H]5CC[C@]43C)[C@@H]1[C@@H](C)C(C)=C[C@H]2O. The molecule has 0 aromatic heterocycles. The first-order valence-corrected chi connectivity index (χ1v) is 14.5. The fourth-order valence-electron chi connectivity index (χ4n) is 11.7. The number of carboxylic acids is 1. The Labute approximate surface area is 222 Å². The zero-order valence-electron chi connectivity index (χ0n) is 23.8. The molecular weight excluding hydrogens is 468 g/mol. The van der Waals surface area contributed by atoms with Crippen LogP contribution in [-0.2, 0) is 14.3 Å². The number of carbonyl (C=O) groups is 2. The molecule has 0 aromatic rings. The van der Waals surface area contributed by atoms with E-state index in [1.807, 2.05) is 6.92 Å². The van der Waals surface area contributed by atoms with Crippen LogP contribution in [0.1, 0.15) is 92.9 Å². The van der Waals surface area contributed by atoms with Gasteiger partial charge in [-0.3, -0.25) is 9.59 Å². The van der Waals surface area contributed by atoms with E-state index in [1.54, 1.807) is 6.08 Å². The van der Waals surface area contributed by atoms with Crippen LogP contribution in [0.5, 0.6) is 0 Å². The molecule has 0 radical (unpaired) electrons. The molecule has 0 aromatic carbocycles. The lowest BCUT2D eigenvalue weighted by Crippen LogP contribution is -2.71. The Morgan fingerprint density at radius 2 is 1.62 bits per heavy atom. The highest BCUT2D eigenvalue weighted by molar-refractivity contribution is 5.82. The van der Waals surface area contributed by atoms with E-state index in [-0.39, 0.29) is 40.6 Å². The van der Waals surface area contributed by atoms with Crippen molar-refractivity contribution in [3.8, 4) is 0 Å². The molecule has 208 valence electrons. The first-order chi connectivity index (χ1) is 17.2. The molecule has 4 saturated carbocycles. The van der Waals surface area contributed by atoms with Crippen molar-refractivity contribution in [3.05, 3.63) is 11.6 Å². The Hall–Kier alpha value is -1.40. The van der Waals surface area contributed by atoms with Gasteiger partial charge < -0.3 is 20.1 Å². The van der Waals surface area contributed by atoms with Gasteiger partial charge in [-0.05, 0) is 104 Å². The van der Waals surface area contributed by atoms with Crippen molar-refractivity contribution in [1.82, 2.24) is 0 Å². The third kappa shape index (κ3) is 3.06. The Bertz CT molecular complexity index is 1020. The van der Waals surface area contributed by atoms with Crippen molar-refractivity contribution in [3.63, 3.8) is 0 Å². The van der Waals surface area contributed by atoms with Crippen LogP contribution < -0.4 is 0 Å². The predicted molar refractivity (Wildman–Crippen MR) is 140 cm³/mol. The average Bonchev–Trinajstić information content (AvgIpc) is 2.83. The van der Waals surface area contributed by atoms with E-state index in [0.717, 1.165) is 44.1 Å². The number of aliphatic carboxylic acids is 1. The van der Waals surface area contributed by atoms with E-state index < -0.39 is 34.3 Å². The van der Waals surface area contributed by atoms with Crippen molar-refractivity contribution in [2.24, 2.45) is 56.7 Å². The number of aliphatic hydroxyl groups excluding tert-OH is 2. The van der Waals surface area contributed by atoms with Crippen LogP contribution in [0.25, 0.3) is 0 Å². The minimum Gasteiger partial charge on any atom is -0.481 e. The normalized spacial score (nSPS) is 52.5. The van der Waals surface area contributed by atoms with Gasteiger partial charge in [0.15, 0.2) is 0 Å². The van der Waals surface area contributed by atoms with Crippen LogP contribution in [0.15, 0.2) is 11.6 Å². The molecule has 0 amide bonds. The van der Waals surface area contributed by atoms with Crippen molar-refractivity contribution in [2.75, 3.05) is 7.11 Å². The first kappa shape index (κ1) is 27.2. The molecule has 5 aliphatic rings. The second-order valence-corrected chi connectivity index (χ2v) is 14.6. The van der Waals surface area contributed by atoms with E-state index in [1.165, 1.54) is 7.11 Å². The molecule has 0 spiro atoms. The number of allylic oxidation sites excluding steroid dienone is 1. The summed E-state index contributed by atoms with van der Waals surface area (Å²) in [6.07, 6.45) is 6.32. The van der Waals surface area contributed by atoms with Crippen molar-refractivity contribution < 1.29 is 29.6 Å². The minimum atomic E-state index is -1.10. The van der Waals surface area contributed by atoms with Gasteiger partial charge in [-0.25, -0.2) is 0 Å². The summed E-state index contributed by atoms with van der Waals surface area (Å²) in [5, 5.41) is 33.5. The number of hydrogen-bond acceptors (Lipinski definition) is 5. The van der Waals surface area contributed by atoms with Gasteiger partial charge in [0.25, 0.3) is 0 Å². The molecular formula is C31H48O6. The van der Waals surface area contributed by atoms with Gasteiger partial charge in [-0.1, -0.05) is 46.3 Å². The summed E-state index contributed by atoms with van der Waals surface area (Å²) >= 11 is 0. The first-order valence-electron chi connectivity index (χ1n) is 14.5. The van der Waals surface area contributed by atoms with Crippen LogP contribution in [0.2, 0.25) is 0 Å². The van der Waals surface area contributed by atoms with Gasteiger partial charge in [0.2, 0.25) is 0 Å². The third-order valence-corrected chi connectivity index (χ3v) is 13.6. The molecule has 0 saturated heterocycles. The van der Waals surface area contributed by atoms with Gasteiger partial charge in [-0.2, -0.15) is 0 Å². The highest BCUT2D eigenvalue weighted by Gasteiger charge is 2.76. The Kier molecular flexibility index (Phi) is 6.10. The number of carbonyl (C=O) groups excluding carboxylic acids is 1. The van der Waals surface area contributed by atoms with E-state index in [2.05, 4.69) is 34.6 Å². The molecule has 0 heterocycles. The van der Waals surface area contributed by atoms with E-state index in [4.69, 9.17) is 4.74 Å². The summed E-state index contributed by atoms with van der Waals surface area (Å²) in [6, 6.07) is 0. The molecule has 6 heteroatoms. The molecule has 4 fully saturated rings. The number of hydrogen-bond donors (Lipinski definition) is 3. The third-order valence-electron chi connectivity index (χ3n) is 13.6. The number of ether oxygens (including phenoxy) is 1. The van der Waals surface area contributed by atoms with E-state index >= 15 is 0 Å². The largest absolute Gasteiger partial charge is 0.481 e. The van der Waals surface area contributed by atoms with Crippen LogP contribution in [0.4, 0.5) is 0 Å². The highest BCUT2D eigenvalue weighted by Crippen LogP contribution is 2.77. The van der Waals surface area contributed by atoms with Crippen molar-refractivity contribution >= 4 is 11.9 Å². The molecule has 3 N–H and O–H groups in total. The molecule has 11 atom stereocenters. The van der Waals surface area contributed by atoms with E-state index in [0.29, 0.717) is 18.8 Å². The number of carboxylic acid groups (broad SMARTS) is 1. The summed E-state index contributed by atoms with van der Waals surface area (Å²) in [6.45, 7) is 13.1. The minimum absolute atomic E-state index is 0.0117. The molecule has 5 aliphatic carbocycles. The quantitative estimate of drug-likeness (QED) is 0.344. The lowest BCUT2D eigenvalue weighted by molar-refractivity contribution is -0.263. The van der Waals surface area contributed by atoms with Gasteiger partial charge in [0, 0.05) is 0 Å². The van der Waals surface area contributed by atoms with Crippen LogP contribution in [0.3, 0.4) is 0 Å². The molecule has 0 aliphatic heterocycles. The molecule has 0 unspecified atom stereocenters. The van der Waals surface area contributed by atoms with Gasteiger partial charge in [-0.15, -0.1) is 0 Å². The summed E-state index contributed by atoms with van der Waals surface area (Å²) in [7, 11) is 1.38. The second-order valence-electron chi connectivity index (χ2n) is 14.6. The number of fused-ring (bicyclic) bond motifs is 7. The van der Waals surface area contributed by atoms with Gasteiger partial charge in [0.05, 0.1) is 24.7 Å². The Morgan fingerprint density at radius 1 is 0.946 bits per heavy atom. The van der Waals surface area contributed by atoms with Gasteiger partial charge >= 0.3 is 11.9 Å². The number of aliphatic hydroxyl groups is 2. The number of esters is 1. The standard InChI is InChI=1S/C31H48O6/c1-17-16-23(33)30(26(36)37-7)14-15-31(25(34)35)19(24(30)18(17)2)8-9-21-28(5)12-11-22(32)27(3,4)20(28)10-13-29(21,31)6/h16,18-24,32-33H,8-15H2,1-7H3,(H,34,35)/t18-,19+,20-,21+,22-,23+,24-,28-,29+,30+,31+/m0/s1. The topological polar surface area (TPSA) is 104 Å². The summed E-state index contributed by atoms with van der Waals surface area (Å²) in [4.78, 5) is 27.1. The number of rotatable bonds is 2. The Balaban J connectivity index is 1.66. The number of methoxy groups -OCH3 is 1. The van der Waals surface area contributed by atoms with Crippen LogP contribution >= 0.6 is 0 Å². The summed E-state index contributed by atoms with van der Waals surface area (Å²) in [5.74, 6) is -1.04. The lowest BCUT2D eigenvalue weighted by Gasteiger charge is -2.72. The van der Waals surface area contributed by atoms with Crippen LogP contribution in [0, 0.1) is 56.7 Å². The highest BCUT2D eigenvalue weighted by atomic mass is 16.5. The fraction of sp³-hybridized carbons (Fsp3) is 0.871. The second kappa shape index (κ2) is 8.30. The average molecular weight is 517 g/mol. The smallest absolute Gasteiger partial charge is 0.315 e. The maximum absolute atomic E-state index is 13.7. The molecule has 0 bridgehead atoms. The zero-order chi connectivity index (χ0) is 27.3. The van der Waals surface area contributed by atoms with Crippen molar-refractivity contribution in [1.29, 1.82) is 0 Å². The maximum Gasteiger partial charge on any atom is 0.315 e. The summed E-state index contributed by atoms with van der Waals surface area (Å²) < 4.78 is 5.33. The monoisotopic (exact) mass is 516 g/mol. The van der Waals surface area contributed by atoms with Crippen molar-refractivity contribution in [2.45, 2.75) is 105 Å². The maximum atomic E-state index is 13.7.